The topological polar surface area (TPSA) is 50.8 Å². The molecule has 5 nitrogen and oxygen atoms in total. The van der Waals surface area contributed by atoms with Gasteiger partial charge in [-0.25, -0.2) is 0 Å². The number of rotatable bonds is 2. The van der Waals surface area contributed by atoms with E-state index >= 15 is 0 Å². The van der Waals surface area contributed by atoms with Crippen LogP contribution in [0.2, 0.25) is 0 Å². The van der Waals surface area contributed by atoms with Gasteiger partial charge in [-0.3, -0.25) is 4.79 Å². The van der Waals surface area contributed by atoms with Crippen molar-refractivity contribution in [2.45, 2.75) is 25.3 Å². The van der Waals surface area contributed by atoms with Crippen molar-refractivity contribution in [3.8, 4) is 11.5 Å². The van der Waals surface area contributed by atoms with Gasteiger partial charge in [-0.05, 0) is 50.6 Å². The fourth-order valence-corrected chi connectivity index (χ4v) is 2.93. The zero-order valence-electron chi connectivity index (χ0n) is 12.8. The van der Waals surface area contributed by atoms with Gasteiger partial charge in [-0.2, -0.15) is 0 Å². The van der Waals surface area contributed by atoms with E-state index in [1.165, 1.54) is 0 Å². The fourth-order valence-electron chi connectivity index (χ4n) is 2.93. The van der Waals surface area contributed by atoms with Crippen molar-refractivity contribution in [2.24, 2.45) is 0 Å². The van der Waals surface area contributed by atoms with Crippen LogP contribution in [-0.2, 0) is 0 Å². The molecule has 1 N–H and O–H groups in total. The normalized spacial score (nSPS) is 20.5. The number of amides is 1. The van der Waals surface area contributed by atoms with Gasteiger partial charge in [0, 0.05) is 18.7 Å². The van der Waals surface area contributed by atoms with Gasteiger partial charge in [0.2, 0.25) is 0 Å². The standard InChI is InChI=1S/C16H22N2O3.ClH/c1-18(13-3-2-7-17-8-6-13)16(19)12-4-5-14-15(11-12)21-10-9-20-14;/h4-5,11,13,17H,2-3,6-10H2,1H3;1H. The van der Waals surface area contributed by atoms with E-state index in [4.69, 9.17) is 9.47 Å². The van der Waals surface area contributed by atoms with Gasteiger partial charge in [0.25, 0.3) is 5.91 Å². The van der Waals surface area contributed by atoms with Crippen LogP contribution in [0.25, 0.3) is 0 Å². The molecule has 0 aliphatic carbocycles. The van der Waals surface area contributed by atoms with Crippen molar-refractivity contribution >= 4 is 18.3 Å². The predicted octanol–water partition coefficient (Wildman–Crippen LogP) is 2.09. The molecule has 1 amide bonds. The summed E-state index contributed by atoms with van der Waals surface area (Å²) in [7, 11) is 1.90. The Balaban J connectivity index is 0.00000176. The molecule has 3 rings (SSSR count). The summed E-state index contributed by atoms with van der Waals surface area (Å²) in [6, 6.07) is 5.74. The minimum absolute atomic E-state index is 0. The van der Waals surface area contributed by atoms with Crippen LogP contribution in [0.4, 0.5) is 0 Å². The van der Waals surface area contributed by atoms with Crippen LogP contribution in [0.5, 0.6) is 11.5 Å². The number of ether oxygens (including phenoxy) is 2. The van der Waals surface area contributed by atoms with E-state index in [2.05, 4.69) is 5.32 Å². The maximum Gasteiger partial charge on any atom is 0.253 e. The molecule has 2 aliphatic heterocycles. The Bertz CT molecular complexity index is 516. The zero-order valence-corrected chi connectivity index (χ0v) is 13.7. The maximum absolute atomic E-state index is 12.7. The Morgan fingerprint density at radius 2 is 1.95 bits per heavy atom. The van der Waals surface area contributed by atoms with E-state index in [-0.39, 0.29) is 18.3 Å². The summed E-state index contributed by atoms with van der Waals surface area (Å²) in [5, 5.41) is 3.38. The van der Waals surface area contributed by atoms with Gasteiger partial charge >= 0.3 is 0 Å². The van der Waals surface area contributed by atoms with Crippen molar-refractivity contribution in [1.29, 1.82) is 0 Å². The van der Waals surface area contributed by atoms with E-state index in [9.17, 15) is 4.79 Å². The molecule has 1 saturated heterocycles. The lowest BCUT2D eigenvalue weighted by Gasteiger charge is -2.27. The molecule has 0 spiro atoms. The van der Waals surface area contributed by atoms with Crippen molar-refractivity contribution in [3.63, 3.8) is 0 Å². The quantitative estimate of drug-likeness (QED) is 0.904. The van der Waals surface area contributed by atoms with E-state index in [0.717, 1.165) is 38.1 Å². The first-order valence-corrected chi connectivity index (χ1v) is 7.63. The summed E-state index contributed by atoms with van der Waals surface area (Å²) in [5.74, 6) is 1.45. The summed E-state index contributed by atoms with van der Waals surface area (Å²) >= 11 is 0. The second-order valence-corrected chi connectivity index (χ2v) is 5.61. The number of carbonyl (C=O) groups is 1. The van der Waals surface area contributed by atoms with Gasteiger partial charge in [0.1, 0.15) is 13.2 Å². The molecular formula is C16H23ClN2O3. The lowest BCUT2D eigenvalue weighted by molar-refractivity contribution is 0.0719. The summed E-state index contributed by atoms with van der Waals surface area (Å²) in [6.45, 7) is 3.12. The number of nitrogens with one attached hydrogen (secondary N) is 1. The molecule has 6 heteroatoms. The first-order chi connectivity index (χ1) is 10.3. The van der Waals surface area contributed by atoms with Crippen LogP contribution < -0.4 is 14.8 Å². The SMILES string of the molecule is CN(C(=O)c1ccc2c(c1)OCCO2)C1CCCNCC1.Cl. The van der Waals surface area contributed by atoms with Crippen LogP contribution in [0.1, 0.15) is 29.6 Å². The van der Waals surface area contributed by atoms with Gasteiger partial charge in [0.15, 0.2) is 11.5 Å². The van der Waals surface area contributed by atoms with Gasteiger partial charge in [-0.1, -0.05) is 0 Å². The first-order valence-electron chi connectivity index (χ1n) is 7.63. The van der Waals surface area contributed by atoms with E-state index in [1.54, 1.807) is 6.07 Å². The highest BCUT2D eigenvalue weighted by Gasteiger charge is 2.23. The van der Waals surface area contributed by atoms with E-state index in [1.807, 2.05) is 24.1 Å². The number of hydrogen-bond acceptors (Lipinski definition) is 4. The molecule has 2 heterocycles. The molecule has 122 valence electrons. The van der Waals surface area contributed by atoms with E-state index < -0.39 is 0 Å². The van der Waals surface area contributed by atoms with E-state index in [0.29, 0.717) is 30.6 Å². The maximum atomic E-state index is 12.7. The number of benzene rings is 1. The van der Waals surface area contributed by atoms with Crippen LogP contribution in [0, 0.1) is 0 Å². The smallest absolute Gasteiger partial charge is 0.253 e. The van der Waals surface area contributed by atoms with Crippen LogP contribution >= 0.6 is 12.4 Å². The first kappa shape index (κ1) is 16.9. The third kappa shape index (κ3) is 3.65. The van der Waals surface area contributed by atoms with Crippen LogP contribution in [0.3, 0.4) is 0 Å². The Hall–Kier alpha value is -1.46. The lowest BCUT2D eigenvalue weighted by Crippen LogP contribution is -2.37. The van der Waals surface area contributed by atoms with Crippen LogP contribution in [-0.4, -0.2) is 50.2 Å². The monoisotopic (exact) mass is 326 g/mol. The lowest BCUT2D eigenvalue weighted by atomic mass is 10.1. The second kappa shape index (κ2) is 7.70. The fraction of sp³-hybridized carbons (Fsp3) is 0.562. The summed E-state index contributed by atoms with van der Waals surface area (Å²) in [5.41, 5.74) is 0.666. The average molecular weight is 327 g/mol. The number of hydrogen-bond donors (Lipinski definition) is 1. The van der Waals surface area contributed by atoms with Crippen LogP contribution in [0.15, 0.2) is 18.2 Å². The van der Waals surface area contributed by atoms with Gasteiger partial charge in [-0.15, -0.1) is 12.4 Å². The molecule has 2 aliphatic rings. The molecule has 1 atom stereocenters. The number of carbonyl (C=O) groups excluding carboxylic acids is 1. The summed E-state index contributed by atoms with van der Waals surface area (Å²) in [6.07, 6.45) is 3.18. The highest BCUT2D eigenvalue weighted by Crippen LogP contribution is 2.31. The molecule has 1 aromatic rings. The average Bonchev–Trinajstić information content (AvgIpc) is 2.82. The highest BCUT2D eigenvalue weighted by atomic mass is 35.5. The van der Waals surface area contributed by atoms with Crippen molar-refractivity contribution in [1.82, 2.24) is 10.2 Å². The molecule has 22 heavy (non-hydrogen) atoms. The van der Waals surface area contributed by atoms with Crippen molar-refractivity contribution in [3.05, 3.63) is 23.8 Å². The molecule has 0 bridgehead atoms. The molecule has 1 aromatic carbocycles. The highest BCUT2D eigenvalue weighted by molar-refractivity contribution is 5.95. The molecule has 0 saturated carbocycles. The van der Waals surface area contributed by atoms with Crippen molar-refractivity contribution in [2.75, 3.05) is 33.4 Å². The number of nitrogens with zero attached hydrogens (tertiary/aromatic N) is 1. The van der Waals surface area contributed by atoms with Gasteiger partial charge in [0.05, 0.1) is 0 Å². The zero-order chi connectivity index (χ0) is 14.7. The number of halogens is 1. The predicted molar refractivity (Wildman–Crippen MR) is 87.3 cm³/mol. The van der Waals surface area contributed by atoms with Crippen molar-refractivity contribution < 1.29 is 14.3 Å². The Morgan fingerprint density at radius 3 is 2.77 bits per heavy atom. The second-order valence-electron chi connectivity index (χ2n) is 5.61. The molecule has 1 fully saturated rings. The van der Waals surface area contributed by atoms with Gasteiger partial charge < -0.3 is 19.7 Å². The third-order valence-electron chi connectivity index (χ3n) is 4.20. The largest absolute Gasteiger partial charge is 0.486 e. The molecule has 0 radical (unpaired) electrons. The minimum Gasteiger partial charge on any atom is -0.486 e. The Morgan fingerprint density at radius 1 is 1.18 bits per heavy atom. The third-order valence-corrected chi connectivity index (χ3v) is 4.20. The Labute approximate surface area is 137 Å². The Kier molecular flexibility index (Phi) is 5.91. The summed E-state index contributed by atoms with van der Waals surface area (Å²) < 4.78 is 11.0. The minimum atomic E-state index is 0. The molecular weight excluding hydrogens is 304 g/mol. The molecule has 0 aromatic heterocycles. The molecule has 1 unspecified atom stereocenters. The summed E-state index contributed by atoms with van der Waals surface area (Å²) in [4.78, 5) is 14.5. The number of fused-ring (bicyclic) bond motifs is 1.